The standard InChI is InChI=1S/C18H12Cl2N4O2/c1-8-5-9(2)21-16-15(8)17-22-13(7-14(18(25)26)24(17)23-16)10-3-4-11(19)12(20)6-10/h3-7H,1-2H3,(H,25,26). The Labute approximate surface area is 158 Å². The lowest BCUT2D eigenvalue weighted by molar-refractivity contribution is 0.0687. The topological polar surface area (TPSA) is 80.4 Å². The predicted molar refractivity (Wildman–Crippen MR) is 100 cm³/mol. The van der Waals surface area contributed by atoms with Gasteiger partial charge in [0.25, 0.3) is 0 Å². The van der Waals surface area contributed by atoms with Gasteiger partial charge in [-0.15, -0.1) is 5.10 Å². The van der Waals surface area contributed by atoms with Crippen molar-refractivity contribution in [3.63, 3.8) is 0 Å². The number of pyridine rings is 1. The molecule has 0 saturated carbocycles. The first kappa shape index (κ1) is 16.8. The summed E-state index contributed by atoms with van der Waals surface area (Å²) < 4.78 is 1.31. The van der Waals surface area contributed by atoms with Gasteiger partial charge in [-0.1, -0.05) is 29.3 Å². The SMILES string of the molecule is Cc1cc(C)c2c(n1)nn1c(C(=O)O)cc(-c3ccc(Cl)c(Cl)c3)nc21. The van der Waals surface area contributed by atoms with E-state index in [9.17, 15) is 9.90 Å². The van der Waals surface area contributed by atoms with Crippen molar-refractivity contribution in [2.45, 2.75) is 13.8 Å². The van der Waals surface area contributed by atoms with Crippen LogP contribution in [-0.2, 0) is 0 Å². The number of halogens is 2. The van der Waals surface area contributed by atoms with Crippen LogP contribution in [0.3, 0.4) is 0 Å². The fourth-order valence-electron chi connectivity index (χ4n) is 2.98. The van der Waals surface area contributed by atoms with Gasteiger partial charge in [-0.25, -0.2) is 19.3 Å². The lowest BCUT2D eigenvalue weighted by Gasteiger charge is -2.07. The number of aromatic carboxylic acids is 1. The average molecular weight is 387 g/mol. The lowest BCUT2D eigenvalue weighted by Crippen LogP contribution is -2.08. The Morgan fingerprint density at radius 3 is 2.54 bits per heavy atom. The van der Waals surface area contributed by atoms with Crippen molar-refractivity contribution in [3.8, 4) is 11.3 Å². The molecule has 6 nitrogen and oxygen atoms in total. The van der Waals surface area contributed by atoms with E-state index in [1.807, 2.05) is 19.9 Å². The zero-order valence-electron chi connectivity index (χ0n) is 13.8. The van der Waals surface area contributed by atoms with Crippen LogP contribution in [0.5, 0.6) is 0 Å². The van der Waals surface area contributed by atoms with Gasteiger partial charge >= 0.3 is 5.97 Å². The smallest absolute Gasteiger partial charge is 0.354 e. The maximum Gasteiger partial charge on any atom is 0.354 e. The normalized spacial score (nSPS) is 11.4. The van der Waals surface area contributed by atoms with Crippen molar-refractivity contribution in [2.24, 2.45) is 0 Å². The van der Waals surface area contributed by atoms with Crippen LogP contribution in [0, 0.1) is 13.8 Å². The fraction of sp³-hybridized carbons (Fsp3) is 0.111. The minimum absolute atomic E-state index is 0.00822. The van der Waals surface area contributed by atoms with E-state index in [0.29, 0.717) is 32.6 Å². The zero-order valence-corrected chi connectivity index (χ0v) is 15.3. The van der Waals surface area contributed by atoms with Crippen molar-refractivity contribution in [3.05, 3.63) is 57.3 Å². The molecular weight excluding hydrogens is 375 g/mol. The molecule has 0 radical (unpaired) electrons. The molecule has 0 aliphatic carbocycles. The molecule has 0 aliphatic rings. The van der Waals surface area contributed by atoms with E-state index in [-0.39, 0.29) is 5.69 Å². The maximum absolute atomic E-state index is 11.8. The highest BCUT2D eigenvalue weighted by Crippen LogP contribution is 2.30. The van der Waals surface area contributed by atoms with E-state index in [1.54, 1.807) is 18.2 Å². The lowest BCUT2D eigenvalue weighted by atomic mass is 10.1. The first-order valence-electron chi connectivity index (χ1n) is 7.71. The predicted octanol–water partition coefficient (Wildman–Crippen LogP) is 4.57. The highest BCUT2D eigenvalue weighted by atomic mass is 35.5. The molecule has 0 fully saturated rings. The van der Waals surface area contributed by atoms with E-state index < -0.39 is 5.97 Å². The fourth-order valence-corrected chi connectivity index (χ4v) is 3.28. The Balaban J connectivity index is 2.11. The largest absolute Gasteiger partial charge is 0.477 e. The molecule has 3 heterocycles. The van der Waals surface area contributed by atoms with Crippen LogP contribution in [0.1, 0.15) is 21.7 Å². The third-order valence-electron chi connectivity index (χ3n) is 4.11. The van der Waals surface area contributed by atoms with Crippen LogP contribution in [0.25, 0.3) is 27.9 Å². The maximum atomic E-state index is 11.8. The van der Waals surface area contributed by atoms with Gasteiger partial charge in [0, 0.05) is 11.3 Å². The van der Waals surface area contributed by atoms with E-state index in [0.717, 1.165) is 16.6 Å². The molecule has 0 atom stereocenters. The molecule has 130 valence electrons. The second-order valence-electron chi connectivity index (χ2n) is 5.98. The summed E-state index contributed by atoms with van der Waals surface area (Å²) >= 11 is 12.1. The summed E-state index contributed by atoms with van der Waals surface area (Å²) in [5.41, 5.74) is 3.75. The highest BCUT2D eigenvalue weighted by Gasteiger charge is 2.19. The second kappa shape index (κ2) is 5.93. The van der Waals surface area contributed by atoms with E-state index >= 15 is 0 Å². The Morgan fingerprint density at radius 1 is 1.08 bits per heavy atom. The summed E-state index contributed by atoms with van der Waals surface area (Å²) in [5, 5.41) is 15.5. The number of carbonyl (C=O) groups is 1. The number of hydrogen-bond acceptors (Lipinski definition) is 4. The second-order valence-corrected chi connectivity index (χ2v) is 6.79. The molecule has 0 spiro atoms. The first-order chi connectivity index (χ1) is 12.3. The molecule has 26 heavy (non-hydrogen) atoms. The Morgan fingerprint density at radius 2 is 1.85 bits per heavy atom. The summed E-state index contributed by atoms with van der Waals surface area (Å²) in [7, 11) is 0. The van der Waals surface area contributed by atoms with Crippen molar-refractivity contribution in [1.82, 2.24) is 19.6 Å². The number of hydrogen-bond donors (Lipinski definition) is 1. The summed E-state index contributed by atoms with van der Waals surface area (Å²) in [6, 6.07) is 8.42. The quantitative estimate of drug-likeness (QED) is 0.545. The summed E-state index contributed by atoms with van der Waals surface area (Å²) in [6.45, 7) is 3.79. The zero-order chi connectivity index (χ0) is 18.6. The average Bonchev–Trinajstić information content (AvgIpc) is 2.94. The molecule has 0 bridgehead atoms. The monoisotopic (exact) mass is 386 g/mol. The Kier molecular flexibility index (Phi) is 3.82. The molecule has 8 heteroatoms. The van der Waals surface area contributed by atoms with Crippen molar-refractivity contribution in [1.29, 1.82) is 0 Å². The van der Waals surface area contributed by atoms with E-state index in [4.69, 9.17) is 23.2 Å². The van der Waals surface area contributed by atoms with Gasteiger partial charge in [-0.05, 0) is 43.7 Å². The number of rotatable bonds is 2. The van der Waals surface area contributed by atoms with Gasteiger partial charge in [-0.2, -0.15) is 0 Å². The number of fused-ring (bicyclic) bond motifs is 3. The minimum atomic E-state index is -1.11. The molecule has 0 unspecified atom stereocenters. The molecule has 0 saturated heterocycles. The van der Waals surface area contributed by atoms with Crippen LogP contribution < -0.4 is 0 Å². The third-order valence-corrected chi connectivity index (χ3v) is 4.85. The molecule has 1 aromatic carbocycles. The number of aryl methyl sites for hydroxylation is 2. The van der Waals surface area contributed by atoms with Crippen molar-refractivity contribution >= 4 is 45.9 Å². The van der Waals surface area contributed by atoms with Gasteiger partial charge in [0.15, 0.2) is 17.0 Å². The summed E-state index contributed by atoms with van der Waals surface area (Å²) in [4.78, 5) is 20.8. The minimum Gasteiger partial charge on any atom is -0.477 e. The van der Waals surface area contributed by atoms with Crippen LogP contribution in [-0.4, -0.2) is 30.7 Å². The highest BCUT2D eigenvalue weighted by molar-refractivity contribution is 6.42. The van der Waals surface area contributed by atoms with Crippen LogP contribution >= 0.6 is 23.2 Å². The van der Waals surface area contributed by atoms with Gasteiger partial charge in [0.1, 0.15) is 0 Å². The van der Waals surface area contributed by atoms with Crippen LogP contribution in [0.2, 0.25) is 10.0 Å². The first-order valence-corrected chi connectivity index (χ1v) is 8.47. The van der Waals surface area contributed by atoms with Crippen molar-refractivity contribution in [2.75, 3.05) is 0 Å². The van der Waals surface area contributed by atoms with Gasteiger partial charge < -0.3 is 5.11 Å². The van der Waals surface area contributed by atoms with Gasteiger partial charge in [0.05, 0.1) is 21.1 Å². The van der Waals surface area contributed by atoms with E-state index in [1.165, 1.54) is 10.6 Å². The van der Waals surface area contributed by atoms with E-state index in [2.05, 4.69) is 15.1 Å². The summed E-state index contributed by atoms with van der Waals surface area (Å²) in [5.74, 6) is -1.11. The number of carboxylic acids is 1. The third kappa shape index (κ3) is 2.58. The molecule has 1 N–H and O–H groups in total. The van der Waals surface area contributed by atoms with Crippen LogP contribution in [0.4, 0.5) is 0 Å². The van der Waals surface area contributed by atoms with Gasteiger partial charge in [-0.3, -0.25) is 0 Å². The van der Waals surface area contributed by atoms with Crippen LogP contribution in [0.15, 0.2) is 30.3 Å². The van der Waals surface area contributed by atoms with Crippen molar-refractivity contribution < 1.29 is 9.90 Å². The molecule has 0 aliphatic heterocycles. The number of carboxylic acid groups (broad SMARTS) is 1. The molecule has 0 amide bonds. The molecule has 4 aromatic rings. The molecule has 3 aromatic heterocycles. The number of nitrogens with zero attached hydrogens (tertiary/aromatic N) is 4. The van der Waals surface area contributed by atoms with Gasteiger partial charge in [0.2, 0.25) is 0 Å². The Hall–Kier alpha value is -2.70. The molecule has 4 rings (SSSR count). The Bertz CT molecular complexity index is 1220. The number of aromatic nitrogens is 4. The molecular formula is C18H12Cl2N4O2. The number of benzene rings is 1. The summed E-state index contributed by atoms with van der Waals surface area (Å²) in [6.07, 6.45) is 0.